The number of aromatic nitrogens is 1. The normalized spacial score (nSPS) is 12.4. The number of pyridine rings is 1. The fourth-order valence-corrected chi connectivity index (χ4v) is 3.00. The van der Waals surface area contributed by atoms with Crippen LogP contribution in [0.5, 0.6) is 0 Å². The second-order valence-corrected chi connectivity index (χ2v) is 6.36. The van der Waals surface area contributed by atoms with Gasteiger partial charge in [-0.25, -0.2) is 0 Å². The van der Waals surface area contributed by atoms with Crippen molar-refractivity contribution in [1.29, 1.82) is 0 Å². The van der Waals surface area contributed by atoms with Gasteiger partial charge in [0, 0.05) is 33.8 Å². The van der Waals surface area contributed by atoms with Gasteiger partial charge >= 0.3 is 0 Å². The predicted molar refractivity (Wildman–Crippen MR) is 86.5 cm³/mol. The van der Waals surface area contributed by atoms with Crippen LogP contribution in [0.3, 0.4) is 0 Å². The molecule has 0 radical (unpaired) electrons. The molecule has 2 nitrogen and oxygen atoms in total. The lowest BCUT2D eigenvalue weighted by Crippen LogP contribution is -2.19. The third kappa shape index (κ3) is 4.41. The summed E-state index contributed by atoms with van der Waals surface area (Å²) in [6.45, 7) is 0.947. The molecule has 19 heavy (non-hydrogen) atoms. The van der Waals surface area contributed by atoms with Crippen LogP contribution in [0.25, 0.3) is 0 Å². The van der Waals surface area contributed by atoms with Gasteiger partial charge in [0.2, 0.25) is 0 Å². The molecule has 0 saturated carbocycles. The molecule has 100 valence electrons. The van der Waals surface area contributed by atoms with Crippen molar-refractivity contribution in [3.8, 4) is 0 Å². The molecule has 0 aliphatic carbocycles. The summed E-state index contributed by atoms with van der Waals surface area (Å²) in [4.78, 5) is 4.23. The molecule has 0 aliphatic heterocycles. The number of nitrogens with zero attached hydrogens (tertiary/aromatic N) is 1. The molecule has 2 aromatic rings. The molecule has 0 amide bonds. The minimum Gasteiger partial charge on any atom is -0.319 e. The Kier molecular flexibility index (Phi) is 5.55. The summed E-state index contributed by atoms with van der Waals surface area (Å²) >= 11 is 7.01. The van der Waals surface area contributed by atoms with Gasteiger partial charge < -0.3 is 5.32 Å². The van der Waals surface area contributed by atoms with Crippen molar-refractivity contribution in [2.45, 2.75) is 12.3 Å². The van der Waals surface area contributed by atoms with Crippen molar-refractivity contribution in [2.24, 2.45) is 0 Å². The maximum absolute atomic E-state index is 4.23. The Bertz CT molecular complexity index is 543. The third-order valence-electron chi connectivity index (χ3n) is 3.01. The van der Waals surface area contributed by atoms with Gasteiger partial charge in [-0.05, 0) is 58.7 Å². The van der Waals surface area contributed by atoms with Gasteiger partial charge in [-0.3, -0.25) is 4.98 Å². The molecule has 4 heteroatoms. The van der Waals surface area contributed by atoms with Gasteiger partial charge in [0.25, 0.3) is 0 Å². The zero-order valence-electron chi connectivity index (χ0n) is 10.7. The van der Waals surface area contributed by atoms with Crippen molar-refractivity contribution in [1.82, 2.24) is 10.3 Å². The number of hydrogen-bond acceptors (Lipinski definition) is 2. The van der Waals surface area contributed by atoms with Crippen LogP contribution < -0.4 is 5.32 Å². The van der Waals surface area contributed by atoms with E-state index in [1.807, 2.05) is 19.4 Å². The number of likely N-dealkylation sites (N-methyl/N-ethyl adjacent to an activating group) is 1. The van der Waals surface area contributed by atoms with Crippen LogP contribution in [0.2, 0.25) is 0 Å². The topological polar surface area (TPSA) is 24.9 Å². The fourth-order valence-electron chi connectivity index (χ4n) is 2.17. The van der Waals surface area contributed by atoms with E-state index in [-0.39, 0.29) is 0 Å². The maximum atomic E-state index is 4.23. The lowest BCUT2D eigenvalue weighted by Gasteiger charge is -2.17. The summed E-state index contributed by atoms with van der Waals surface area (Å²) in [6, 6.07) is 10.6. The van der Waals surface area contributed by atoms with Gasteiger partial charge in [-0.2, -0.15) is 0 Å². The van der Waals surface area contributed by atoms with Gasteiger partial charge in [-0.15, -0.1) is 0 Å². The smallest absolute Gasteiger partial charge is 0.0410 e. The van der Waals surface area contributed by atoms with E-state index in [0.717, 1.165) is 21.9 Å². The number of nitrogens with one attached hydrogen (secondary N) is 1. The van der Waals surface area contributed by atoms with Crippen LogP contribution in [0.1, 0.15) is 17.0 Å². The number of halogens is 2. The molecule has 1 heterocycles. The highest BCUT2D eigenvalue weighted by Crippen LogP contribution is 2.24. The SMILES string of the molecule is CNCC(Cc1cncc(Br)c1)c1cccc(Br)c1. The van der Waals surface area contributed by atoms with E-state index in [0.29, 0.717) is 5.92 Å². The van der Waals surface area contributed by atoms with Gasteiger partial charge in [0.05, 0.1) is 0 Å². The Labute approximate surface area is 130 Å². The Morgan fingerprint density at radius 2 is 2.00 bits per heavy atom. The number of benzene rings is 1. The first-order valence-corrected chi connectivity index (χ1v) is 7.77. The van der Waals surface area contributed by atoms with Crippen molar-refractivity contribution in [3.05, 3.63) is 62.8 Å². The molecule has 1 unspecified atom stereocenters. The highest BCUT2D eigenvalue weighted by molar-refractivity contribution is 9.10. The standard InChI is InChI=1S/C15H16Br2N2/c1-18-9-13(12-3-2-4-14(16)7-12)5-11-6-15(17)10-19-8-11/h2-4,6-8,10,13,18H,5,9H2,1H3. The van der Waals surface area contributed by atoms with Gasteiger partial charge in [-0.1, -0.05) is 28.1 Å². The maximum Gasteiger partial charge on any atom is 0.0410 e. The molecule has 1 aromatic carbocycles. The second kappa shape index (κ2) is 7.17. The van der Waals surface area contributed by atoms with Crippen LogP contribution in [-0.4, -0.2) is 18.6 Å². The second-order valence-electron chi connectivity index (χ2n) is 4.53. The summed E-state index contributed by atoms with van der Waals surface area (Å²) in [5, 5.41) is 3.27. The molecule has 0 fully saturated rings. The van der Waals surface area contributed by atoms with E-state index < -0.39 is 0 Å². The molecule has 1 atom stereocenters. The fraction of sp³-hybridized carbons (Fsp3) is 0.267. The summed E-state index contributed by atoms with van der Waals surface area (Å²) in [7, 11) is 1.99. The number of rotatable bonds is 5. The molecule has 1 aromatic heterocycles. The Hall–Kier alpha value is -0.710. The lowest BCUT2D eigenvalue weighted by molar-refractivity contribution is 0.624. The molecule has 0 spiro atoms. The van der Waals surface area contributed by atoms with E-state index >= 15 is 0 Å². The van der Waals surface area contributed by atoms with Crippen molar-refractivity contribution in [2.75, 3.05) is 13.6 Å². The minimum atomic E-state index is 0.443. The lowest BCUT2D eigenvalue weighted by atomic mass is 9.92. The Morgan fingerprint density at radius 1 is 1.16 bits per heavy atom. The molecular formula is C15H16Br2N2. The summed E-state index contributed by atoms with van der Waals surface area (Å²) in [5.74, 6) is 0.443. The van der Waals surface area contributed by atoms with Crippen molar-refractivity contribution >= 4 is 31.9 Å². The molecular weight excluding hydrogens is 368 g/mol. The molecule has 2 rings (SSSR count). The largest absolute Gasteiger partial charge is 0.319 e. The first kappa shape index (κ1) is 14.7. The van der Waals surface area contributed by atoms with E-state index in [4.69, 9.17) is 0 Å². The first-order chi connectivity index (χ1) is 9.19. The zero-order valence-corrected chi connectivity index (χ0v) is 13.9. The first-order valence-electron chi connectivity index (χ1n) is 6.18. The van der Waals surface area contributed by atoms with E-state index in [1.165, 1.54) is 11.1 Å². The monoisotopic (exact) mass is 382 g/mol. The van der Waals surface area contributed by atoms with E-state index in [1.54, 1.807) is 0 Å². The minimum absolute atomic E-state index is 0.443. The van der Waals surface area contributed by atoms with Crippen LogP contribution >= 0.6 is 31.9 Å². The highest BCUT2D eigenvalue weighted by atomic mass is 79.9. The van der Waals surface area contributed by atoms with Crippen LogP contribution in [-0.2, 0) is 6.42 Å². The average Bonchev–Trinajstić information content (AvgIpc) is 2.38. The molecule has 0 bridgehead atoms. The number of hydrogen-bond donors (Lipinski definition) is 1. The van der Waals surface area contributed by atoms with Gasteiger partial charge in [0.15, 0.2) is 0 Å². The summed E-state index contributed by atoms with van der Waals surface area (Å²) in [5.41, 5.74) is 2.58. The van der Waals surface area contributed by atoms with Crippen molar-refractivity contribution < 1.29 is 0 Å². The predicted octanol–water partition coefficient (Wildman–Crippen LogP) is 4.15. The quantitative estimate of drug-likeness (QED) is 0.838. The molecule has 0 saturated heterocycles. The van der Waals surface area contributed by atoms with E-state index in [9.17, 15) is 0 Å². The van der Waals surface area contributed by atoms with Gasteiger partial charge in [0.1, 0.15) is 0 Å². The van der Waals surface area contributed by atoms with Crippen LogP contribution in [0.4, 0.5) is 0 Å². The highest BCUT2D eigenvalue weighted by Gasteiger charge is 2.12. The van der Waals surface area contributed by atoms with E-state index in [2.05, 4.69) is 72.5 Å². The van der Waals surface area contributed by atoms with Crippen LogP contribution in [0.15, 0.2) is 51.7 Å². The Balaban J connectivity index is 2.21. The zero-order chi connectivity index (χ0) is 13.7. The molecule has 1 N–H and O–H groups in total. The third-order valence-corrected chi connectivity index (χ3v) is 3.94. The summed E-state index contributed by atoms with van der Waals surface area (Å²) < 4.78 is 2.15. The van der Waals surface area contributed by atoms with Crippen molar-refractivity contribution in [3.63, 3.8) is 0 Å². The molecule has 0 aliphatic rings. The Morgan fingerprint density at radius 3 is 2.68 bits per heavy atom. The average molecular weight is 384 g/mol. The van der Waals surface area contributed by atoms with Crippen LogP contribution in [0, 0.1) is 0 Å². The summed E-state index contributed by atoms with van der Waals surface area (Å²) in [6.07, 6.45) is 4.73.